The van der Waals surface area contributed by atoms with Gasteiger partial charge >= 0.3 is 0 Å². The number of hydrogen-bond acceptors (Lipinski definition) is 1. The van der Waals surface area contributed by atoms with Gasteiger partial charge in [0.15, 0.2) is 0 Å². The van der Waals surface area contributed by atoms with Crippen LogP contribution in [0.3, 0.4) is 0 Å². The first-order valence-electron chi connectivity index (χ1n) is 7.09. The van der Waals surface area contributed by atoms with Crippen LogP contribution in [0.15, 0.2) is 30.3 Å². The molecule has 2 rings (SSSR count). The molecular weight excluding hydrogens is 206 g/mol. The minimum atomic E-state index is 0.570. The number of benzene rings is 1. The lowest BCUT2D eigenvalue weighted by Crippen LogP contribution is -2.28. The first-order chi connectivity index (χ1) is 8.31. The Kier molecular flexibility index (Phi) is 4.61. The fraction of sp³-hybridized carbons (Fsp3) is 0.625. The Morgan fingerprint density at radius 3 is 2.59 bits per heavy atom. The highest BCUT2D eigenvalue weighted by atomic mass is 14.9. The van der Waals surface area contributed by atoms with Gasteiger partial charge in [-0.15, -0.1) is 0 Å². The van der Waals surface area contributed by atoms with Crippen molar-refractivity contribution in [1.29, 1.82) is 0 Å². The standard InChI is InChI=1S/C16H25N/c1-3-11-17-16(14-7-5-4-6-8-14)15-10-9-13(2)12-15/h4-8,13,15-17H,3,9-12H2,1-2H3. The van der Waals surface area contributed by atoms with E-state index >= 15 is 0 Å². The summed E-state index contributed by atoms with van der Waals surface area (Å²) in [7, 11) is 0. The van der Waals surface area contributed by atoms with Crippen LogP contribution in [0.4, 0.5) is 0 Å². The van der Waals surface area contributed by atoms with E-state index in [4.69, 9.17) is 0 Å². The fourth-order valence-corrected chi connectivity index (χ4v) is 3.07. The van der Waals surface area contributed by atoms with E-state index in [9.17, 15) is 0 Å². The summed E-state index contributed by atoms with van der Waals surface area (Å²) in [5.41, 5.74) is 1.47. The number of hydrogen-bond donors (Lipinski definition) is 1. The van der Waals surface area contributed by atoms with Gasteiger partial charge in [0.1, 0.15) is 0 Å². The fourth-order valence-electron chi connectivity index (χ4n) is 3.07. The normalized spacial score (nSPS) is 26.0. The molecule has 3 unspecified atom stereocenters. The first-order valence-corrected chi connectivity index (χ1v) is 7.09. The maximum absolute atomic E-state index is 3.75. The summed E-state index contributed by atoms with van der Waals surface area (Å²) in [5, 5.41) is 3.75. The smallest absolute Gasteiger partial charge is 0.0348 e. The third-order valence-corrected chi connectivity index (χ3v) is 3.98. The molecule has 0 spiro atoms. The van der Waals surface area contributed by atoms with Crippen LogP contribution in [0.5, 0.6) is 0 Å². The van der Waals surface area contributed by atoms with Crippen molar-refractivity contribution in [2.24, 2.45) is 11.8 Å². The van der Waals surface area contributed by atoms with Gasteiger partial charge in [-0.05, 0) is 43.2 Å². The van der Waals surface area contributed by atoms with Gasteiger partial charge in [0.25, 0.3) is 0 Å². The third-order valence-electron chi connectivity index (χ3n) is 3.98. The van der Waals surface area contributed by atoms with E-state index in [2.05, 4.69) is 49.5 Å². The zero-order chi connectivity index (χ0) is 12.1. The molecule has 0 aliphatic heterocycles. The molecule has 1 saturated carbocycles. The highest BCUT2D eigenvalue weighted by molar-refractivity contribution is 5.20. The molecule has 1 aromatic rings. The molecule has 1 aliphatic carbocycles. The summed E-state index contributed by atoms with van der Waals surface area (Å²) in [4.78, 5) is 0. The summed E-state index contributed by atoms with van der Waals surface area (Å²) in [6.45, 7) is 5.76. The van der Waals surface area contributed by atoms with Crippen LogP contribution in [0.2, 0.25) is 0 Å². The molecule has 17 heavy (non-hydrogen) atoms. The molecule has 1 heteroatoms. The monoisotopic (exact) mass is 231 g/mol. The highest BCUT2D eigenvalue weighted by Crippen LogP contribution is 2.38. The van der Waals surface area contributed by atoms with Gasteiger partial charge in [-0.1, -0.05) is 50.6 Å². The second-order valence-corrected chi connectivity index (χ2v) is 5.52. The highest BCUT2D eigenvalue weighted by Gasteiger charge is 2.29. The Morgan fingerprint density at radius 1 is 1.24 bits per heavy atom. The second kappa shape index (κ2) is 6.20. The summed E-state index contributed by atoms with van der Waals surface area (Å²) >= 11 is 0. The van der Waals surface area contributed by atoms with Crippen molar-refractivity contribution in [2.75, 3.05) is 6.54 Å². The Labute approximate surface area is 106 Å². The van der Waals surface area contributed by atoms with Crippen molar-refractivity contribution in [1.82, 2.24) is 5.32 Å². The van der Waals surface area contributed by atoms with Gasteiger partial charge in [0.05, 0.1) is 0 Å². The SMILES string of the molecule is CCCNC(c1ccccc1)C1CCC(C)C1. The number of nitrogens with one attached hydrogen (secondary N) is 1. The van der Waals surface area contributed by atoms with Crippen molar-refractivity contribution in [3.05, 3.63) is 35.9 Å². The van der Waals surface area contributed by atoms with Crippen LogP contribution in [0.1, 0.15) is 51.1 Å². The van der Waals surface area contributed by atoms with Gasteiger partial charge in [0, 0.05) is 6.04 Å². The van der Waals surface area contributed by atoms with Gasteiger partial charge in [-0.25, -0.2) is 0 Å². The van der Waals surface area contributed by atoms with Crippen molar-refractivity contribution < 1.29 is 0 Å². The number of rotatable bonds is 5. The molecule has 1 fully saturated rings. The molecule has 94 valence electrons. The van der Waals surface area contributed by atoms with E-state index in [-0.39, 0.29) is 0 Å². The van der Waals surface area contributed by atoms with Gasteiger partial charge in [-0.3, -0.25) is 0 Å². The van der Waals surface area contributed by atoms with E-state index in [1.807, 2.05) is 0 Å². The molecule has 0 heterocycles. The van der Waals surface area contributed by atoms with Crippen LogP contribution < -0.4 is 5.32 Å². The summed E-state index contributed by atoms with van der Waals surface area (Å²) in [5.74, 6) is 1.74. The lowest BCUT2D eigenvalue weighted by molar-refractivity contribution is 0.359. The van der Waals surface area contributed by atoms with Gasteiger partial charge in [-0.2, -0.15) is 0 Å². The molecule has 3 atom stereocenters. The van der Waals surface area contributed by atoms with Crippen LogP contribution in [-0.4, -0.2) is 6.54 Å². The van der Waals surface area contributed by atoms with E-state index in [0.29, 0.717) is 6.04 Å². The molecule has 0 aromatic heterocycles. The van der Waals surface area contributed by atoms with Crippen LogP contribution in [0.25, 0.3) is 0 Å². The predicted octanol–water partition coefficient (Wildman–Crippen LogP) is 4.16. The van der Waals surface area contributed by atoms with Crippen LogP contribution in [0, 0.1) is 11.8 Å². The molecule has 0 radical (unpaired) electrons. The van der Waals surface area contributed by atoms with E-state index in [0.717, 1.165) is 18.4 Å². The Hall–Kier alpha value is -0.820. The van der Waals surface area contributed by atoms with Crippen molar-refractivity contribution in [2.45, 2.75) is 45.6 Å². The molecule has 1 aromatic carbocycles. The topological polar surface area (TPSA) is 12.0 Å². The molecule has 1 aliphatic rings. The second-order valence-electron chi connectivity index (χ2n) is 5.52. The van der Waals surface area contributed by atoms with Crippen LogP contribution in [-0.2, 0) is 0 Å². The van der Waals surface area contributed by atoms with Crippen molar-refractivity contribution >= 4 is 0 Å². The van der Waals surface area contributed by atoms with E-state index < -0.39 is 0 Å². The lowest BCUT2D eigenvalue weighted by atomic mass is 9.91. The average molecular weight is 231 g/mol. The zero-order valence-corrected chi connectivity index (χ0v) is 11.2. The third kappa shape index (κ3) is 3.32. The van der Waals surface area contributed by atoms with Gasteiger partial charge in [0.2, 0.25) is 0 Å². The largest absolute Gasteiger partial charge is 0.310 e. The molecule has 0 amide bonds. The van der Waals surface area contributed by atoms with E-state index in [1.165, 1.54) is 31.2 Å². The average Bonchev–Trinajstić information content (AvgIpc) is 2.78. The van der Waals surface area contributed by atoms with Crippen LogP contribution >= 0.6 is 0 Å². The quantitative estimate of drug-likeness (QED) is 0.802. The maximum Gasteiger partial charge on any atom is 0.0348 e. The molecule has 1 nitrogen and oxygen atoms in total. The lowest BCUT2D eigenvalue weighted by Gasteiger charge is -2.25. The Morgan fingerprint density at radius 2 is 2.00 bits per heavy atom. The molecule has 0 saturated heterocycles. The summed E-state index contributed by atoms with van der Waals surface area (Å²) < 4.78 is 0. The zero-order valence-electron chi connectivity index (χ0n) is 11.2. The van der Waals surface area contributed by atoms with Gasteiger partial charge < -0.3 is 5.32 Å². The molecule has 1 N–H and O–H groups in total. The van der Waals surface area contributed by atoms with Crippen molar-refractivity contribution in [3.8, 4) is 0 Å². The van der Waals surface area contributed by atoms with E-state index in [1.54, 1.807) is 0 Å². The summed E-state index contributed by atoms with van der Waals surface area (Å²) in [6.07, 6.45) is 5.39. The van der Waals surface area contributed by atoms with Crippen molar-refractivity contribution in [3.63, 3.8) is 0 Å². The molecule has 0 bridgehead atoms. The molecular formula is C16H25N. The summed E-state index contributed by atoms with van der Waals surface area (Å²) in [6, 6.07) is 11.5. The Bertz CT molecular complexity index is 320. The maximum atomic E-state index is 3.75. The first kappa shape index (κ1) is 12.6. The minimum absolute atomic E-state index is 0.570. The predicted molar refractivity (Wildman–Crippen MR) is 74.0 cm³/mol. The Balaban J connectivity index is 2.08. The minimum Gasteiger partial charge on any atom is -0.310 e.